The van der Waals surface area contributed by atoms with Crippen molar-refractivity contribution in [2.75, 3.05) is 12.4 Å². The highest BCUT2D eigenvalue weighted by Crippen LogP contribution is 2.21. The average molecular weight is 268 g/mol. The Morgan fingerprint density at radius 1 is 1.28 bits per heavy atom. The Hall–Kier alpha value is -1.02. The van der Waals surface area contributed by atoms with Crippen molar-refractivity contribution >= 4 is 17.5 Å². The summed E-state index contributed by atoms with van der Waals surface area (Å²) in [6.07, 6.45) is 2.00. The SMILES string of the molecule is Cc1ccc(C(=O)NCC(C)(C)CCCCl)cc1. The molecule has 0 fully saturated rings. The van der Waals surface area contributed by atoms with Gasteiger partial charge < -0.3 is 5.32 Å². The van der Waals surface area contributed by atoms with E-state index in [1.807, 2.05) is 31.2 Å². The number of amides is 1. The highest BCUT2D eigenvalue weighted by molar-refractivity contribution is 6.17. The number of hydrogen-bond donors (Lipinski definition) is 1. The first-order valence-electron chi connectivity index (χ1n) is 6.35. The van der Waals surface area contributed by atoms with Crippen LogP contribution in [0.5, 0.6) is 0 Å². The predicted octanol–water partition coefficient (Wildman–Crippen LogP) is 3.77. The Labute approximate surface area is 115 Å². The topological polar surface area (TPSA) is 29.1 Å². The first kappa shape index (κ1) is 15.0. The number of carbonyl (C=O) groups is 1. The van der Waals surface area contributed by atoms with Crippen LogP contribution in [0, 0.1) is 12.3 Å². The van der Waals surface area contributed by atoms with Crippen LogP contribution in [0.3, 0.4) is 0 Å². The van der Waals surface area contributed by atoms with Gasteiger partial charge in [-0.05, 0) is 37.3 Å². The van der Waals surface area contributed by atoms with Crippen molar-refractivity contribution in [3.05, 3.63) is 35.4 Å². The predicted molar refractivity (Wildman–Crippen MR) is 77.2 cm³/mol. The molecule has 0 aliphatic rings. The van der Waals surface area contributed by atoms with E-state index < -0.39 is 0 Å². The van der Waals surface area contributed by atoms with Crippen molar-refractivity contribution in [2.45, 2.75) is 33.6 Å². The molecular formula is C15H22ClNO. The maximum atomic E-state index is 11.9. The fourth-order valence-electron chi connectivity index (χ4n) is 1.76. The molecular weight excluding hydrogens is 246 g/mol. The van der Waals surface area contributed by atoms with Crippen LogP contribution in [-0.4, -0.2) is 18.3 Å². The summed E-state index contributed by atoms with van der Waals surface area (Å²) < 4.78 is 0. The average Bonchev–Trinajstić information content (AvgIpc) is 2.35. The van der Waals surface area contributed by atoms with Gasteiger partial charge in [-0.25, -0.2) is 0 Å². The Bertz CT molecular complexity index is 384. The van der Waals surface area contributed by atoms with Gasteiger partial charge in [-0.3, -0.25) is 4.79 Å². The molecule has 1 N–H and O–H groups in total. The second-order valence-corrected chi connectivity index (χ2v) is 5.88. The molecule has 0 saturated carbocycles. The highest BCUT2D eigenvalue weighted by Gasteiger charge is 2.18. The summed E-state index contributed by atoms with van der Waals surface area (Å²) >= 11 is 5.69. The summed E-state index contributed by atoms with van der Waals surface area (Å²) in [5.74, 6) is 0.670. The molecule has 18 heavy (non-hydrogen) atoms. The largest absolute Gasteiger partial charge is 0.352 e. The first-order valence-corrected chi connectivity index (χ1v) is 6.89. The van der Waals surface area contributed by atoms with Crippen molar-refractivity contribution in [1.82, 2.24) is 5.32 Å². The lowest BCUT2D eigenvalue weighted by atomic mass is 9.88. The standard InChI is InChI=1S/C15H22ClNO/c1-12-5-7-13(8-6-12)14(18)17-11-15(2,3)9-4-10-16/h5-8H,4,9-11H2,1-3H3,(H,17,18). The van der Waals surface area contributed by atoms with E-state index in [1.165, 1.54) is 0 Å². The Morgan fingerprint density at radius 3 is 2.44 bits per heavy atom. The minimum Gasteiger partial charge on any atom is -0.352 e. The van der Waals surface area contributed by atoms with Crippen molar-refractivity contribution in [3.63, 3.8) is 0 Å². The lowest BCUT2D eigenvalue weighted by molar-refractivity contribution is 0.0934. The molecule has 0 spiro atoms. The molecule has 0 unspecified atom stereocenters. The van der Waals surface area contributed by atoms with Gasteiger partial charge in [-0.1, -0.05) is 31.5 Å². The van der Waals surface area contributed by atoms with Crippen LogP contribution in [0.2, 0.25) is 0 Å². The zero-order valence-corrected chi connectivity index (χ0v) is 12.2. The molecule has 0 atom stereocenters. The fraction of sp³-hybridized carbons (Fsp3) is 0.533. The monoisotopic (exact) mass is 267 g/mol. The third kappa shape index (κ3) is 5.09. The maximum Gasteiger partial charge on any atom is 0.251 e. The highest BCUT2D eigenvalue weighted by atomic mass is 35.5. The minimum absolute atomic E-state index is 0.00560. The molecule has 0 aliphatic heterocycles. The summed E-state index contributed by atoms with van der Waals surface area (Å²) in [6, 6.07) is 7.62. The van der Waals surface area contributed by atoms with Gasteiger partial charge >= 0.3 is 0 Å². The van der Waals surface area contributed by atoms with E-state index in [9.17, 15) is 4.79 Å². The number of nitrogens with one attached hydrogen (secondary N) is 1. The number of rotatable bonds is 6. The molecule has 3 heteroatoms. The normalized spacial score (nSPS) is 11.3. The number of aryl methyl sites for hydroxylation is 1. The van der Waals surface area contributed by atoms with Gasteiger partial charge in [0.25, 0.3) is 5.91 Å². The summed E-state index contributed by atoms with van der Waals surface area (Å²) in [5.41, 5.74) is 1.97. The van der Waals surface area contributed by atoms with Crippen LogP contribution in [0.1, 0.15) is 42.6 Å². The molecule has 0 aromatic heterocycles. The van der Waals surface area contributed by atoms with E-state index in [-0.39, 0.29) is 11.3 Å². The number of benzene rings is 1. The lowest BCUT2D eigenvalue weighted by Crippen LogP contribution is -2.34. The van der Waals surface area contributed by atoms with Crippen LogP contribution in [0.25, 0.3) is 0 Å². The number of halogens is 1. The van der Waals surface area contributed by atoms with Gasteiger partial charge in [0.2, 0.25) is 0 Å². The van der Waals surface area contributed by atoms with E-state index in [0.717, 1.165) is 18.4 Å². The summed E-state index contributed by atoms with van der Waals surface area (Å²) in [7, 11) is 0. The third-order valence-corrected chi connectivity index (χ3v) is 3.30. The van der Waals surface area contributed by atoms with Crippen LogP contribution >= 0.6 is 11.6 Å². The van der Waals surface area contributed by atoms with Crippen LogP contribution < -0.4 is 5.32 Å². The van der Waals surface area contributed by atoms with Crippen LogP contribution in [0.4, 0.5) is 0 Å². The molecule has 0 heterocycles. The molecule has 1 aromatic carbocycles. The van der Waals surface area contributed by atoms with Gasteiger partial charge in [0.15, 0.2) is 0 Å². The van der Waals surface area contributed by atoms with Crippen LogP contribution in [0.15, 0.2) is 24.3 Å². The van der Waals surface area contributed by atoms with Gasteiger partial charge in [0.1, 0.15) is 0 Å². The number of hydrogen-bond acceptors (Lipinski definition) is 1. The van der Waals surface area contributed by atoms with Gasteiger partial charge in [0, 0.05) is 18.0 Å². The smallest absolute Gasteiger partial charge is 0.251 e. The maximum absolute atomic E-state index is 11.9. The van der Waals surface area contributed by atoms with E-state index in [1.54, 1.807) is 0 Å². The van der Waals surface area contributed by atoms with Crippen LogP contribution in [-0.2, 0) is 0 Å². The Morgan fingerprint density at radius 2 is 1.89 bits per heavy atom. The quantitative estimate of drug-likeness (QED) is 0.781. The van der Waals surface area contributed by atoms with Gasteiger partial charge in [0.05, 0.1) is 0 Å². The molecule has 0 radical (unpaired) electrons. The lowest BCUT2D eigenvalue weighted by Gasteiger charge is -2.24. The minimum atomic E-state index is -0.00560. The van der Waals surface area contributed by atoms with Crippen molar-refractivity contribution in [3.8, 4) is 0 Å². The molecule has 1 aromatic rings. The Kier molecular flexibility index (Phi) is 5.67. The van der Waals surface area contributed by atoms with E-state index in [4.69, 9.17) is 11.6 Å². The summed E-state index contributed by atoms with van der Waals surface area (Å²) in [6.45, 7) is 6.98. The first-order chi connectivity index (χ1) is 8.44. The number of alkyl halides is 1. The van der Waals surface area contributed by atoms with E-state index in [0.29, 0.717) is 18.0 Å². The zero-order chi connectivity index (χ0) is 13.6. The summed E-state index contributed by atoms with van der Waals surface area (Å²) in [5, 5.41) is 2.99. The van der Waals surface area contributed by atoms with Crippen molar-refractivity contribution < 1.29 is 4.79 Å². The molecule has 1 amide bonds. The third-order valence-electron chi connectivity index (χ3n) is 3.03. The molecule has 2 nitrogen and oxygen atoms in total. The fourth-order valence-corrected chi connectivity index (χ4v) is 1.89. The molecule has 0 aliphatic carbocycles. The van der Waals surface area contributed by atoms with Crippen molar-refractivity contribution in [1.29, 1.82) is 0 Å². The second kappa shape index (κ2) is 6.79. The van der Waals surface area contributed by atoms with E-state index in [2.05, 4.69) is 19.2 Å². The van der Waals surface area contributed by atoms with E-state index >= 15 is 0 Å². The zero-order valence-electron chi connectivity index (χ0n) is 11.4. The second-order valence-electron chi connectivity index (χ2n) is 5.51. The molecule has 100 valence electrons. The molecule has 0 saturated heterocycles. The summed E-state index contributed by atoms with van der Waals surface area (Å²) in [4.78, 5) is 11.9. The van der Waals surface area contributed by atoms with Crippen molar-refractivity contribution in [2.24, 2.45) is 5.41 Å². The Balaban J connectivity index is 2.48. The van der Waals surface area contributed by atoms with Gasteiger partial charge in [-0.15, -0.1) is 11.6 Å². The molecule has 1 rings (SSSR count). The molecule has 0 bridgehead atoms. The van der Waals surface area contributed by atoms with Gasteiger partial charge in [-0.2, -0.15) is 0 Å². The number of carbonyl (C=O) groups excluding carboxylic acids is 1.